The first kappa shape index (κ1) is 13.3. The van der Waals surface area contributed by atoms with Gasteiger partial charge in [-0.25, -0.2) is 4.79 Å². The molecule has 0 aliphatic rings. The first-order chi connectivity index (χ1) is 8.11. The number of aromatic hydroxyl groups is 1. The molecule has 0 fully saturated rings. The van der Waals surface area contributed by atoms with Crippen molar-refractivity contribution in [2.75, 3.05) is 0 Å². The number of phenolic OH excluding ortho intramolecular Hbond substituents is 1. The molecular weight excluding hydrogens is 216 g/mol. The van der Waals surface area contributed by atoms with Crippen LogP contribution in [0.3, 0.4) is 0 Å². The lowest BCUT2D eigenvalue weighted by atomic mass is 10.2. The molecule has 0 aliphatic heterocycles. The van der Waals surface area contributed by atoms with Crippen LogP contribution in [-0.4, -0.2) is 17.2 Å². The highest BCUT2D eigenvalue weighted by atomic mass is 16.5. The number of rotatable bonds is 5. The normalized spacial score (nSPS) is 12.6. The van der Waals surface area contributed by atoms with E-state index in [4.69, 9.17) is 9.84 Å². The average Bonchev–Trinajstić information content (AvgIpc) is 2.28. The number of hydrogen-bond donors (Lipinski definition) is 1. The van der Waals surface area contributed by atoms with Crippen molar-refractivity contribution in [1.82, 2.24) is 0 Å². The zero-order valence-electron chi connectivity index (χ0n) is 10.2. The molecule has 3 nitrogen and oxygen atoms in total. The van der Waals surface area contributed by atoms with Crippen molar-refractivity contribution in [3.8, 4) is 5.75 Å². The molecule has 3 heteroatoms. The fraction of sp³-hybridized carbons (Fsp3) is 0.357. The first-order valence-corrected chi connectivity index (χ1v) is 5.79. The van der Waals surface area contributed by atoms with Gasteiger partial charge in [0.25, 0.3) is 0 Å². The van der Waals surface area contributed by atoms with Crippen LogP contribution < -0.4 is 0 Å². The van der Waals surface area contributed by atoms with Crippen LogP contribution in [-0.2, 0) is 9.53 Å². The van der Waals surface area contributed by atoms with E-state index < -0.39 is 0 Å². The molecule has 1 unspecified atom stereocenters. The third-order valence-electron chi connectivity index (χ3n) is 2.32. The highest BCUT2D eigenvalue weighted by molar-refractivity contribution is 5.87. The molecule has 1 aromatic rings. The molecule has 17 heavy (non-hydrogen) atoms. The molecule has 0 bridgehead atoms. The second-order valence-corrected chi connectivity index (χ2v) is 3.96. The Morgan fingerprint density at radius 2 is 2.06 bits per heavy atom. The Balaban J connectivity index is 2.47. The van der Waals surface area contributed by atoms with Gasteiger partial charge in [-0.3, -0.25) is 0 Å². The molecule has 0 heterocycles. The summed E-state index contributed by atoms with van der Waals surface area (Å²) in [4.78, 5) is 11.4. The van der Waals surface area contributed by atoms with E-state index in [1.165, 1.54) is 6.08 Å². The number of hydrogen-bond acceptors (Lipinski definition) is 3. The van der Waals surface area contributed by atoms with Crippen molar-refractivity contribution < 1.29 is 14.6 Å². The van der Waals surface area contributed by atoms with E-state index in [-0.39, 0.29) is 17.8 Å². The number of carbonyl (C=O) groups excluding carboxylic acids is 1. The summed E-state index contributed by atoms with van der Waals surface area (Å²) in [6.07, 6.45) is 4.89. The molecule has 0 saturated carbocycles. The highest BCUT2D eigenvalue weighted by Gasteiger charge is 2.04. The van der Waals surface area contributed by atoms with Crippen LogP contribution in [0.25, 0.3) is 6.08 Å². The van der Waals surface area contributed by atoms with Gasteiger partial charge in [0, 0.05) is 6.08 Å². The number of ether oxygens (including phenoxy) is 1. The predicted molar refractivity (Wildman–Crippen MR) is 67.6 cm³/mol. The van der Waals surface area contributed by atoms with E-state index in [2.05, 4.69) is 6.92 Å². The molecule has 1 N–H and O–H groups in total. The molecule has 0 amide bonds. The summed E-state index contributed by atoms with van der Waals surface area (Å²) >= 11 is 0. The van der Waals surface area contributed by atoms with Crippen molar-refractivity contribution in [2.45, 2.75) is 32.8 Å². The smallest absolute Gasteiger partial charge is 0.331 e. The topological polar surface area (TPSA) is 46.5 Å². The van der Waals surface area contributed by atoms with Gasteiger partial charge in [-0.1, -0.05) is 25.5 Å². The third-order valence-corrected chi connectivity index (χ3v) is 2.32. The summed E-state index contributed by atoms with van der Waals surface area (Å²) in [5.41, 5.74) is 0.850. The van der Waals surface area contributed by atoms with Crippen molar-refractivity contribution in [2.24, 2.45) is 0 Å². The molecule has 0 radical (unpaired) electrons. The van der Waals surface area contributed by atoms with E-state index in [9.17, 15) is 4.79 Å². The monoisotopic (exact) mass is 234 g/mol. The molecule has 0 aliphatic carbocycles. The SMILES string of the molecule is CCCC(C)OC(=O)/C=C/c1ccc(O)cc1. The van der Waals surface area contributed by atoms with Gasteiger partial charge in [0.15, 0.2) is 0 Å². The molecule has 1 aromatic carbocycles. The van der Waals surface area contributed by atoms with Gasteiger partial charge in [-0.15, -0.1) is 0 Å². The summed E-state index contributed by atoms with van der Waals surface area (Å²) in [7, 11) is 0. The summed E-state index contributed by atoms with van der Waals surface area (Å²) in [6.45, 7) is 3.94. The molecule has 0 saturated heterocycles. The maximum absolute atomic E-state index is 11.4. The summed E-state index contributed by atoms with van der Waals surface area (Å²) in [5, 5.41) is 9.10. The third kappa shape index (κ3) is 5.20. The van der Waals surface area contributed by atoms with E-state index in [0.717, 1.165) is 18.4 Å². The zero-order chi connectivity index (χ0) is 12.7. The molecular formula is C14H18O3. The molecule has 1 rings (SSSR count). The van der Waals surface area contributed by atoms with Crippen LogP contribution in [0.1, 0.15) is 32.3 Å². The standard InChI is InChI=1S/C14H18O3/c1-3-4-11(2)17-14(16)10-7-12-5-8-13(15)9-6-12/h5-11,15H,3-4H2,1-2H3/b10-7+. The Morgan fingerprint density at radius 3 is 2.65 bits per heavy atom. The first-order valence-electron chi connectivity index (χ1n) is 5.79. The lowest BCUT2D eigenvalue weighted by Crippen LogP contribution is -2.12. The number of carbonyl (C=O) groups is 1. The van der Waals surface area contributed by atoms with Crippen molar-refractivity contribution in [3.63, 3.8) is 0 Å². The van der Waals surface area contributed by atoms with Crippen LogP contribution in [0, 0.1) is 0 Å². The van der Waals surface area contributed by atoms with Crippen LogP contribution in [0.2, 0.25) is 0 Å². The van der Waals surface area contributed by atoms with Crippen LogP contribution >= 0.6 is 0 Å². The Bertz CT molecular complexity index is 379. The van der Waals surface area contributed by atoms with Gasteiger partial charge >= 0.3 is 5.97 Å². The minimum Gasteiger partial charge on any atom is -0.508 e. The fourth-order valence-corrected chi connectivity index (χ4v) is 1.45. The average molecular weight is 234 g/mol. The van der Waals surface area contributed by atoms with Gasteiger partial charge in [0.2, 0.25) is 0 Å². The van der Waals surface area contributed by atoms with Gasteiger partial charge in [0.1, 0.15) is 5.75 Å². The Labute approximate surface area is 102 Å². The summed E-state index contributed by atoms with van der Waals surface area (Å²) < 4.78 is 5.16. The van der Waals surface area contributed by atoms with Crippen LogP contribution in [0.15, 0.2) is 30.3 Å². The lowest BCUT2D eigenvalue weighted by Gasteiger charge is -2.09. The quantitative estimate of drug-likeness (QED) is 0.629. The largest absolute Gasteiger partial charge is 0.508 e. The maximum atomic E-state index is 11.4. The van der Waals surface area contributed by atoms with E-state index in [0.29, 0.717) is 0 Å². The van der Waals surface area contributed by atoms with Gasteiger partial charge in [-0.05, 0) is 37.1 Å². The molecule has 0 spiro atoms. The highest BCUT2D eigenvalue weighted by Crippen LogP contribution is 2.11. The van der Waals surface area contributed by atoms with Crippen LogP contribution in [0.5, 0.6) is 5.75 Å². The number of esters is 1. The summed E-state index contributed by atoms with van der Waals surface area (Å²) in [5.74, 6) is -0.125. The Kier molecular flexibility index (Phi) is 5.27. The molecule has 0 aromatic heterocycles. The van der Waals surface area contributed by atoms with Crippen molar-refractivity contribution >= 4 is 12.0 Å². The van der Waals surface area contributed by atoms with Gasteiger partial charge in [-0.2, -0.15) is 0 Å². The second kappa shape index (κ2) is 6.74. The lowest BCUT2D eigenvalue weighted by molar-refractivity contribution is -0.142. The summed E-state index contributed by atoms with van der Waals surface area (Å²) in [6, 6.07) is 6.61. The second-order valence-electron chi connectivity index (χ2n) is 3.96. The fourth-order valence-electron chi connectivity index (χ4n) is 1.45. The maximum Gasteiger partial charge on any atom is 0.331 e. The molecule has 1 atom stereocenters. The zero-order valence-corrected chi connectivity index (χ0v) is 10.2. The van der Waals surface area contributed by atoms with Crippen molar-refractivity contribution in [1.29, 1.82) is 0 Å². The van der Waals surface area contributed by atoms with E-state index >= 15 is 0 Å². The number of phenols is 1. The minimum atomic E-state index is -0.334. The van der Waals surface area contributed by atoms with E-state index in [1.807, 2.05) is 6.92 Å². The minimum absolute atomic E-state index is 0.0445. The Morgan fingerprint density at radius 1 is 1.41 bits per heavy atom. The number of benzene rings is 1. The van der Waals surface area contributed by atoms with Gasteiger partial charge < -0.3 is 9.84 Å². The van der Waals surface area contributed by atoms with Gasteiger partial charge in [0.05, 0.1) is 6.10 Å². The Hall–Kier alpha value is -1.77. The van der Waals surface area contributed by atoms with Crippen LogP contribution in [0.4, 0.5) is 0 Å². The van der Waals surface area contributed by atoms with Crippen molar-refractivity contribution in [3.05, 3.63) is 35.9 Å². The molecule has 92 valence electrons. The predicted octanol–water partition coefficient (Wildman–Crippen LogP) is 3.14. The van der Waals surface area contributed by atoms with E-state index in [1.54, 1.807) is 30.3 Å².